The van der Waals surface area contributed by atoms with Gasteiger partial charge in [0.05, 0.1) is 24.3 Å². The van der Waals surface area contributed by atoms with Gasteiger partial charge in [0.25, 0.3) is 5.56 Å². The van der Waals surface area contributed by atoms with Gasteiger partial charge in [-0.1, -0.05) is 36.4 Å². The molecular weight excluding hydrogens is 354 g/mol. The zero-order valence-electron chi connectivity index (χ0n) is 16.0. The van der Waals surface area contributed by atoms with E-state index in [9.17, 15) is 9.59 Å². The zero-order chi connectivity index (χ0) is 20.1. The Morgan fingerprint density at radius 1 is 1.25 bits per heavy atom. The molecule has 0 aliphatic rings. The molecular formula is C22H23N3O3. The Balaban J connectivity index is 1.92. The van der Waals surface area contributed by atoms with Gasteiger partial charge in [-0.3, -0.25) is 14.2 Å². The number of nitrogens with zero attached hydrogens (tertiary/aromatic N) is 3. The summed E-state index contributed by atoms with van der Waals surface area (Å²) < 4.78 is 6.77. The van der Waals surface area contributed by atoms with Crippen LogP contribution < -0.4 is 10.3 Å². The summed E-state index contributed by atoms with van der Waals surface area (Å²) in [7, 11) is 1.60. The Hall–Kier alpha value is -3.41. The van der Waals surface area contributed by atoms with E-state index >= 15 is 0 Å². The minimum Gasteiger partial charge on any atom is -0.496 e. The molecule has 0 aliphatic heterocycles. The highest BCUT2D eigenvalue weighted by Crippen LogP contribution is 2.21. The van der Waals surface area contributed by atoms with Crippen molar-refractivity contribution in [3.05, 3.63) is 83.4 Å². The Morgan fingerprint density at radius 3 is 2.71 bits per heavy atom. The SMILES string of the molecule is C=CCN(Cc1ccccc1OC)C(=O)C(C)n1cnc2ccccc2c1=O. The zero-order valence-corrected chi connectivity index (χ0v) is 16.0. The molecule has 0 bridgehead atoms. The number of para-hydroxylation sites is 2. The van der Waals surface area contributed by atoms with E-state index in [0.29, 0.717) is 29.7 Å². The standard InChI is InChI=1S/C22H23N3O3/c1-4-13-24(14-17-9-5-8-12-20(17)28-3)21(26)16(2)25-15-23-19-11-7-6-10-18(19)22(25)27/h4-12,15-16H,1,13-14H2,2-3H3. The summed E-state index contributed by atoms with van der Waals surface area (Å²) in [6.45, 7) is 6.17. The summed E-state index contributed by atoms with van der Waals surface area (Å²) in [6.07, 6.45) is 3.10. The Morgan fingerprint density at radius 2 is 1.96 bits per heavy atom. The third-order valence-corrected chi connectivity index (χ3v) is 4.68. The Kier molecular flexibility index (Phi) is 5.89. The lowest BCUT2D eigenvalue weighted by atomic mass is 10.1. The summed E-state index contributed by atoms with van der Waals surface area (Å²) >= 11 is 0. The van der Waals surface area contributed by atoms with Crippen LogP contribution in [-0.2, 0) is 11.3 Å². The first-order valence-corrected chi connectivity index (χ1v) is 9.04. The van der Waals surface area contributed by atoms with Gasteiger partial charge in [0, 0.05) is 18.7 Å². The molecule has 0 N–H and O–H groups in total. The predicted octanol–water partition coefficient (Wildman–Crippen LogP) is 3.18. The van der Waals surface area contributed by atoms with E-state index in [-0.39, 0.29) is 11.5 Å². The molecule has 1 atom stereocenters. The number of carbonyl (C=O) groups is 1. The van der Waals surface area contributed by atoms with Crippen LogP contribution in [0.25, 0.3) is 10.9 Å². The molecule has 1 aromatic heterocycles. The van der Waals surface area contributed by atoms with Gasteiger partial charge in [0.15, 0.2) is 0 Å². The van der Waals surface area contributed by atoms with Crippen LogP contribution in [0.4, 0.5) is 0 Å². The van der Waals surface area contributed by atoms with E-state index < -0.39 is 6.04 Å². The number of carbonyl (C=O) groups excluding carboxylic acids is 1. The Labute approximate surface area is 163 Å². The highest BCUT2D eigenvalue weighted by atomic mass is 16.5. The average molecular weight is 377 g/mol. The minimum absolute atomic E-state index is 0.190. The topological polar surface area (TPSA) is 64.4 Å². The van der Waals surface area contributed by atoms with E-state index in [1.165, 1.54) is 10.9 Å². The predicted molar refractivity (Wildman–Crippen MR) is 109 cm³/mol. The summed E-state index contributed by atoms with van der Waals surface area (Å²) in [4.78, 5) is 32.0. The molecule has 28 heavy (non-hydrogen) atoms. The highest BCUT2D eigenvalue weighted by molar-refractivity contribution is 5.81. The van der Waals surface area contributed by atoms with Crippen LogP contribution >= 0.6 is 0 Å². The molecule has 2 aromatic carbocycles. The molecule has 0 spiro atoms. The highest BCUT2D eigenvalue weighted by Gasteiger charge is 2.23. The molecule has 1 unspecified atom stereocenters. The number of benzene rings is 2. The van der Waals surface area contributed by atoms with Gasteiger partial charge in [-0.25, -0.2) is 4.98 Å². The number of amides is 1. The van der Waals surface area contributed by atoms with Gasteiger partial charge in [0.2, 0.25) is 5.91 Å². The molecule has 144 valence electrons. The number of aromatic nitrogens is 2. The summed E-state index contributed by atoms with van der Waals surface area (Å²) in [6, 6.07) is 14.0. The smallest absolute Gasteiger partial charge is 0.261 e. The number of hydrogen-bond acceptors (Lipinski definition) is 4. The van der Waals surface area contributed by atoms with Gasteiger partial charge in [0.1, 0.15) is 11.8 Å². The van der Waals surface area contributed by atoms with E-state index in [1.54, 1.807) is 43.2 Å². The van der Waals surface area contributed by atoms with Crippen molar-refractivity contribution >= 4 is 16.8 Å². The lowest BCUT2D eigenvalue weighted by Crippen LogP contribution is -2.39. The second-order valence-corrected chi connectivity index (χ2v) is 6.47. The number of rotatable bonds is 7. The molecule has 0 saturated carbocycles. The minimum atomic E-state index is -0.695. The van der Waals surface area contributed by atoms with Crippen molar-refractivity contribution in [1.82, 2.24) is 14.5 Å². The number of ether oxygens (including phenoxy) is 1. The third kappa shape index (κ3) is 3.81. The van der Waals surface area contributed by atoms with Gasteiger partial charge < -0.3 is 9.64 Å². The number of hydrogen-bond donors (Lipinski definition) is 0. The fraction of sp³-hybridized carbons (Fsp3) is 0.227. The van der Waals surface area contributed by atoms with Gasteiger partial charge >= 0.3 is 0 Å². The lowest BCUT2D eigenvalue weighted by Gasteiger charge is -2.26. The van der Waals surface area contributed by atoms with Gasteiger partial charge in [-0.05, 0) is 25.1 Å². The van der Waals surface area contributed by atoms with Crippen molar-refractivity contribution in [3.8, 4) is 5.75 Å². The van der Waals surface area contributed by atoms with Crippen LogP contribution in [0.3, 0.4) is 0 Å². The quantitative estimate of drug-likeness (QED) is 0.593. The first-order valence-electron chi connectivity index (χ1n) is 9.04. The van der Waals surface area contributed by atoms with Crippen LogP contribution in [0.15, 0.2) is 72.3 Å². The molecule has 1 amide bonds. The Bertz CT molecular complexity index is 1060. The number of methoxy groups -OCH3 is 1. The molecule has 1 heterocycles. The fourth-order valence-corrected chi connectivity index (χ4v) is 3.17. The van der Waals surface area contributed by atoms with Crippen LogP contribution in [-0.4, -0.2) is 34.0 Å². The maximum absolute atomic E-state index is 13.2. The van der Waals surface area contributed by atoms with E-state index in [0.717, 1.165) is 5.56 Å². The molecule has 3 aromatic rings. The maximum atomic E-state index is 13.2. The third-order valence-electron chi connectivity index (χ3n) is 4.68. The van der Waals surface area contributed by atoms with Crippen molar-refractivity contribution in [1.29, 1.82) is 0 Å². The number of fused-ring (bicyclic) bond motifs is 1. The molecule has 0 saturated heterocycles. The molecule has 6 nitrogen and oxygen atoms in total. The molecule has 0 aliphatic carbocycles. The normalized spacial score (nSPS) is 11.8. The first kappa shape index (κ1) is 19.4. The monoisotopic (exact) mass is 377 g/mol. The van der Waals surface area contributed by atoms with Crippen LogP contribution in [0.2, 0.25) is 0 Å². The van der Waals surface area contributed by atoms with Crippen LogP contribution in [0.1, 0.15) is 18.5 Å². The van der Waals surface area contributed by atoms with Gasteiger partial charge in [-0.2, -0.15) is 0 Å². The van der Waals surface area contributed by atoms with E-state index in [1.807, 2.05) is 30.3 Å². The summed E-state index contributed by atoms with van der Waals surface area (Å²) in [5.74, 6) is 0.520. The molecule has 0 fully saturated rings. The largest absolute Gasteiger partial charge is 0.496 e. The van der Waals surface area contributed by atoms with Gasteiger partial charge in [-0.15, -0.1) is 6.58 Å². The van der Waals surface area contributed by atoms with Crippen molar-refractivity contribution in [2.45, 2.75) is 19.5 Å². The second-order valence-electron chi connectivity index (χ2n) is 6.47. The first-order chi connectivity index (χ1) is 13.6. The molecule has 3 rings (SSSR count). The fourth-order valence-electron chi connectivity index (χ4n) is 3.17. The second kappa shape index (κ2) is 8.52. The lowest BCUT2D eigenvalue weighted by molar-refractivity contribution is -0.134. The summed E-state index contributed by atoms with van der Waals surface area (Å²) in [5.41, 5.74) is 1.26. The molecule has 0 radical (unpaired) electrons. The maximum Gasteiger partial charge on any atom is 0.261 e. The van der Waals surface area contributed by atoms with Crippen LogP contribution in [0.5, 0.6) is 5.75 Å². The van der Waals surface area contributed by atoms with Crippen molar-refractivity contribution in [2.24, 2.45) is 0 Å². The van der Waals surface area contributed by atoms with Crippen molar-refractivity contribution in [3.63, 3.8) is 0 Å². The van der Waals surface area contributed by atoms with Crippen molar-refractivity contribution in [2.75, 3.05) is 13.7 Å². The summed E-state index contributed by atoms with van der Waals surface area (Å²) in [5, 5.41) is 0.490. The van der Waals surface area contributed by atoms with E-state index in [2.05, 4.69) is 11.6 Å². The van der Waals surface area contributed by atoms with Crippen molar-refractivity contribution < 1.29 is 9.53 Å². The molecule has 6 heteroatoms. The van der Waals surface area contributed by atoms with E-state index in [4.69, 9.17) is 4.74 Å². The average Bonchev–Trinajstić information content (AvgIpc) is 2.73. The van der Waals surface area contributed by atoms with Crippen LogP contribution in [0, 0.1) is 0 Å².